The minimum atomic E-state index is -3.97. The number of carbonyl (C=O) groups is 1. The van der Waals surface area contributed by atoms with Gasteiger partial charge in [-0.25, -0.2) is 8.42 Å². The van der Waals surface area contributed by atoms with Crippen molar-refractivity contribution in [3.63, 3.8) is 0 Å². The van der Waals surface area contributed by atoms with Crippen LogP contribution in [0, 0.1) is 0 Å². The van der Waals surface area contributed by atoms with Crippen molar-refractivity contribution in [1.82, 2.24) is 5.32 Å². The quantitative estimate of drug-likeness (QED) is 0.746. The molecule has 6 nitrogen and oxygen atoms in total. The Balaban J connectivity index is 2.41. The van der Waals surface area contributed by atoms with E-state index >= 15 is 0 Å². The lowest BCUT2D eigenvalue weighted by Crippen LogP contribution is -2.30. The van der Waals surface area contributed by atoms with Crippen LogP contribution in [0.5, 0.6) is 5.75 Å². The highest BCUT2D eigenvalue weighted by Gasteiger charge is 2.21. The number of nitrogens with one attached hydrogen (secondary N) is 2. The monoisotopic (exact) mass is 416 g/mol. The van der Waals surface area contributed by atoms with E-state index in [0.717, 1.165) is 0 Å². The van der Waals surface area contributed by atoms with E-state index in [4.69, 9.17) is 27.9 Å². The molecule has 140 valence electrons. The number of amides is 1. The molecule has 0 aliphatic rings. The summed E-state index contributed by atoms with van der Waals surface area (Å²) in [6, 6.07) is 8.31. The van der Waals surface area contributed by atoms with E-state index in [9.17, 15) is 13.2 Å². The summed E-state index contributed by atoms with van der Waals surface area (Å²) in [5.74, 6) is -0.162. The van der Waals surface area contributed by atoms with E-state index in [0.29, 0.717) is 5.02 Å². The van der Waals surface area contributed by atoms with Gasteiger partial charge in [-0.3, -0.25) is 9.52 Å². The summed E-state index contributed by atoms with van der Waals surface area (Å²) in [4.78, 5) is 12.2. The molecule has 2 aromatic rings. The maximum atomic E-state index is 12.7. The molecule has 0 radical (unpaired) electrons. The number of rotatable bonds is 6. The second-order valence-corrected chi connectivity index (χ2v) is 8.25. The lowest BCUT2D eigenvalue weighted by Gasteiger charge is -2.14. The summed E-state index contributed by atoms with van der Waals surface area (Å²) in [5, 5.41) is 3.25. The maximum Gasteiger partial charge on any atom is 0.261 e. The van der Waals surface area contributed by atoms with Gasteiger partial charge in [-0.15, -0.1) is 0 Å². The highest BCUT2D eigenvalue weighted by atomic mass is 35.5. The zero-order valence-corrected chi connectivity index (χ0v) is 16.7. The van der Waals surface area contributed by atoms with Gasteiger partial charge in [0.1, 0.15) is 5.75 Å². The van der Waals surface area contributed by atoms with Gasteiger partial charge in [0.15, 0.2) is 0 Å². The first kappa shape index (κ1) is 20.4. The molecule has 0 fully saturated rings. The van der Waals surface area contributed by atoms with E-state index in [-0.39, 0.29) is 33.0 Å². The molecule has 0 saturated carbocycles. The molecule has 2 rings (SSSR count). The Morgan fingerprint density at radius 2 is 1.81 bits per heavy atom. The second-order valence-electron chi connectivity index (χ2n) is 5.72. The van der Waals surface area contributed by atoms with Crippen molar-refractivity contribution < 1.29 is 17.9 Å². The molecule has 1 amide bonds. The van der Waals surface area contributed by atoms with Crippen LogP contribution in [-0.2, 0) is 10.0 Å². The summed E-state index contributed by atoms with van der Waals surface area (Å²) >= 11 is 11.8. The van der Waals surface area contributed by atoms with E-state index in [1.165, 1.54) is 43.5 Å². The molecule has 2 aromatic carbocycles. The molecule has 0 aliphatic heterocycles. The largest absolute Gasteiger partial charge is 0.496 e. The third-order valence-corrected chi connectivity index (χ3v) is 5.23. The number of halogens is 2. The van der Waals surface area contributed by atoms with Gasteiger partial charge < -0.3 is 10.1 Å². The molecule has 0 bridgehead atoms. The Kier molecular flexibility index (Phi) is 6.39. The van der Waals surface area contributed by atoms with Crippen LogP contribution in [-0.4, -0.2) is 27.5 Å². The van der Waals surface area contributed by atoms with Gasteiger partial charge in [-0.2, -0.15) is 0 Å². The maximum absolute atomic E-state index is 12.7. The minimum absolute atomic E-state index is 0.0989. The number of carbonyl (C=O) groups excluding carboxylic acids is 1. The minimum Gasteiger partial charge on any atom is -0.496 e. The van der Waals surface area contributed by atoms with Crippen molar-refractivity contribution >= 4 is 44.8 Å². The van der Waals surface area contributed by atoms with Crippen LogP contribution in [0.1, 0.15) is 24.2 Å². The van der Waals surface area contributed by atoms with Gasteiger partial charge in [-0.1, -0.05) is 23.2 Å². The highest BCUT2D eigenvalue weighted by molar-refractivity contribution is 7.92. The lowest BCUT2D eigenvalue weighted by molar-refractivity contribution is 0.0940. The molecular weight excluding hydrogens is 399 g/mol. The summed E-state index contributed by atoms with van der Waals surface area (Å²) < 4.78 is 32.9. The number of hydrogen-bond acceptors (Lipinski definition) is 4. The Hall–Kier alpha value is -1.96. The molecular formula is C17H18Cl2N2O4S. The average Bonchev–Trinajstić information content (AvgIpc) is 2.56. The zero-order valence-electron chi connectivity index (χ0n) is 14.3. The Bertz CT molecular complexity index is 930. The summed E-state index contributed by atoms with van der Waals surface area (Å²) in [6.07, 6.45) is 0. The molecule has 0 aliphatic carbocycles. The Morgan fingerprint density at radius 3 is 2.38 bits per heavy atom. The van der Waals surface area contributed by atoms with Crippen molar-refractivity contribution in [2.24, 2.45) is 0 Å². The fraction of sp³-hybridized carbons (Fsp3) is 0.235. The van der Waals surface area contributed by atoms with Crippen LogP contribution in [0.15, 0.2) is 41.3 Å². The van der Waals surface area contributed by atoms with E-state index in [1.54, 1.807) is 13.8 Å². The van der Waals surface area contributed by atoms with Crippen molar-refractivity contribution in [3.8, 4) is 5.75 Å². The predicted molar refractivity (Wildman–Crippen MR) is 103 cm³/mol. The average molecular weight is 417 g/mol. The van der Waals surface area contributed by atoms with E-state index in [1.807, 2.05) is 0 Å². The predicted octanol–water partition coefficient (Wildman–Crippen LogP) is 3.94. The molecule has 9 heteroatoms. The number of sulfonamides is 1. The summed E-state index contributed by atoms with van der Waals surface area (Å²) in [5.41, 5.74) is 0.298. The molecule has 0 aromatic heterocycles. The topological polar surface area (TPSA) is 84.5 Å². The van der Waals surface area contributed by atoms with Crippen LogP contribution in [0.2, 0.25) is 10.0 Å². The van der Waals surface area contributed by atoms with Crippen molar-refractivity contribution in [1.29, 1.82) is 0 Å². The molecule has 2 N–H and O–H groups in total. The highest BCUT2D eigenvalue weighted by Crippen LogP contribution is 2.29. The number of benzene rings is 2. The SMILES string of the molecule is COc1ccc(S(=O)(=O)Nc2ccc(Cl)cc2Cl)cc1C(=O)NC(C)C. The third kappa shape index (κ3) is 4.81. The van der Waals surface area contributed by atoms with Gasteiger partial charge in [-0.05, 0) is 50.2 Å². The second kappa shape index (κ2) is 8.16. The number of ether oxygens (including phenoxy) is 1. The van der Waals surface area contributed by atoms with Crippen LogP contribution < -0.4 is 14.8 Å². The third-order valence-electron chi connectivity index (χ3n) is 3.32. The van der Waals surface area contributed by atoms with Crippen LogP contribution in [0.25, 0.3) is 0 Å². The van der Waals surface area contributed by atoms with Gasteiger partial charge in [0, 0.05) is 11.1 Å². The molecule has 0 saturated heterocycles. The Morgan fingerprint density at radius 1 is 1.12 bits per heavy atom. The smallest absolute Gasteiger partial charge is 0.261 e. The Labute approximate surface area is 162 Å². The van der Waals surface area contributed by atoms with Gasteiger partial charge in [0.2, 0.25) is 0 Å². The van der Waals surface area contributed by atoms with Gasteiger partial charge in [0.05, 0.1) is 28.3 Å². The normalized spacial score (nSPS) is 11.3. The molecule has 0 heterocycles. The molecule has 26 heavy (non-hydrogen) atoms. The van der Waals surface area contributed by atoms with Crippen LogP contribution >= 0.6 is 23.2 Å². The zero-order chi connectivity index (χ0) is 19.5. The first-order chi connectivity index (χ1) is 12.1. The van der Waals surface area contributed by atoms with Crippen LogP contribution in [0.3, 0.4) is 0 Å². The number of anilines is 1. The van der Waals surface area contributed by atoms with Crippen molar-refractivity contribution in [3.05, 3.63) is 52.0 Å². The van der Waals surface area contributed by atoms with Gasteiger partial charge in [0.25, 0.3) is 15.9 Å². The summed E-state index contributed by atoms with van der Waals surface area (Å²) in [6.45, 7) is 3.60. The molecule has 0 unspecified atom stereocenters. The molecule has 0 atom stereocenters. The summed E-state index contributed by atoms with van der Waals surface area (Å²) in [7, 11) is -2.57. The van der Waals surface area contributed by atoms with E-state index in [2.05, 4.69) is 10.0 Å². The number of methoxy groups -OCH3 is 1. The fourth-order valence-electron chi connectivity index (χ4n) is 2.15. The standard InChI is InChI=1S/C17H18Cl2N2O4S/c1-10(2)20-17(22)13-9-12(5-7-16(13)25-3)26(23,24)21-15-6-4-11(18)8-14(15)19/h4-10,21H,1-3H3,(H,20,22). The van der Waals surface area contributed by atoms with Crippen LogP contribution in [0.4, 0.5) is 5.69 Å². The van der Waals surface area contributed by atoms with Crippen molar-refractivity contribution in [2.75, 3.05) is 11.8 Å². The lowest BCUT2D eigenvalue weighted by atomic mass is 10.2. The van der Waals surface area contributed by atoms with Crippen molar-refractivity contribution in [2.45, 2.75) is 24.8 Å². The van der Waals surface area contributed by atoms with Gasteiger partial charge >= 0.3 is 0 Å². The molecule has 0 spiro atoms. The first-order valence-corrected chi connectivity index (χ1v) is 9.84. The number of hydrogen-bond donors (Lipinski definition) is 2. The fourth-order valence-corrected chi connectivity index (χ4v) is 3.76. The van der Waals surface area contributed by atoms with E-state index < -0.39 is 15.9 Å². The first-order valence-electron chi connectivity index (χ1n) is 7.61.